The van der Waals surface area contributed by atoms with Gasteiger partial charge in [-0.1, -0.05) is 35.9 Å². The van der Waals surface area contributed by atoms with E-state index < -0.39 is 11.7 Å². The molecule has 3 rings (SSSR count). The number of nitrogens with one attached hydrogen (secondary N) is 1. The monoisotopic (exact) mass is 389 g/mol. The van der Waals surface area contributed by atoms with Crippen molar-refractivity contribution in [2.24, 2.45) is 5.10 Å². The van der Waals surface area contributed by atoms with E-state index >= 15 is 0 Å². The summed E-state index contributed by atoms with van der Waals surface area (Å²) in [6, 6.07) is 13.2. The first-order valence-corrected chi connectivity index (χ1v) is 8.78. The molecule has 1 N–H and O–H groups in total. The Morgan fingerprint density at radius 1 is 1.27 bits per heavy atom. The lowest BCUT2D eigenvalue weighted by atomic mass is 10.2. The van der Waals surface area contributed by atoms with Crippen molar-refractivity contribution in [2.75, 3.05) is 6.61 Å². The lowest BCUT2D eigenvalue weighted by molar-refractivity contribution is -0.123. The first-order chi connectivity index (χ1) is 12.6. The second kappa shape index (κ2) is 8.55. The van der Waals surface area contributed by atoms with Crippen molar-refractivity contribution in [3.05, 3.63) is 70.4 Å². The highest BCUT2D eigenvalue weighted by Crippen LogP contribution is 2.24. The molecule has 0 unspecified atom stereocenters. The Kier molecular flexibility index (Phi) is 5.93. The predicted octanol–water partition coefficient (Wildman–Crippen LogP) is 4.13. The summed E-state index contributed by atoms with van der Waals surface area (Å²) >= 11 is 7.32. The fourth-order valence-electron chi connectivity index (χ4n) is 1.98. The maximum absolute atomic E-state index is 13.4. The third kappa shape index (κ3) is 4.87. The number of para-hydroxylation sites is 1. The molecule has 5 nitrogen and oxygen atoms in total. The lowest BCUT2D eigenvalue weighted by Gasteiger charge is -2.05. The van der Waals surface area contributed by atoms with Gasteiger partial charge < -0.3 is 4.74 Å². The Hall–Kier alpha value is -2.77. The van der Waals surface area contributed by atoms with E-state index in [1.165, 1.54) is 29.7 Å². The fourth-order valence-corrected chi connectivity index (χ4v) is 2.88. The van der Waals surface area contributed by atoms with Crippen molar-refractivity contribution in [1.29, 1.82) is 0 Å². The van der Waals surface area contributed by atoms with Gasteiger partial charge in [0, 0.05) is 16.0 Å². The summed E-state index contributed by atoms with van der Waals surface area (Å²) < 4.78 is 18.5. The number of amides is 1. The Bertz CT molecular complexity index is 928. The Balaban J connectivity index is 1.51. The van der Waals surface area contributed by atoms with E-state index in [2.05, 4.69) is 15.5 Å². The number of ether oxygens (including phenoxy) is 1. The number of rotatable bonds is 6. The number of hydrazone groups is 1. The molecule has 1 amide bonds. The molecule has 0 saturated carbocycles. The highest BCUT2D eigenvalue weighted by Gasteiger charge is 2.06. The largest absolute Gasteiger partial charge is 0.481 e. The minimum absolute atomic E-state index is 0.0127. The number of nitrogens with zero attached hydrogens (tertiary/aromatic N) is 2. The number of hydrogen-bond acceptors (Lipinski definition) is 5. The molecule has 26 heavy (non-hydrogen) atoms. The molecule has 2 aromatic carbocycles. The van der Waals surface area contributed by atoms with Gasteiger partial charge in [-0.2, -0.15) is 5.10 Å². The summed E-state index contributed by atoms with van der Waals surface area (Å²) in [5.41, 5.74) is 3.86. The zero-order chi connectivity index (χ0) is 18.4. The van der Waals surface area contributed by atoms with Crippen LogP contribution in [0, 0.1) is 5.82 Å². The van der Waals surface area contributed by atoms with E-state index in [1.54, 1.807) is 24.3 Å². The van der Waals surface area contributed by atoms with Gasteiger partial charge in [0.2, 0.25) is 0 Å². The van der Waals surface area contributed by atoms with Gasteiger partial charge in [-0.15, -0.1) is 11.3 Å². The standard InChI is InChI=1S/C18H13ClFN3O2S/c19-13-7-5-12(6-8-13)18-22-14(11-26-18)9-21-23-17(24)10-25-16-4-2-1-3-15(16)20/h1-9,11H,10H2,(H,23,24)/b21-9-. The normalized spacial score (nSPS) is 10.8. The topological polar surface area (TPSA) is 63.6 Å². The smallest absolute Gasteiger partial charge is 0.277 e. The SMILES string of the molecule is O=C(COc1ccccc1F)N/N=C\c1csc(-c2ccc(Cl)cc2)n1. The fraction of sp³-hybridized carbons (Fsp3) is 0.0556. The molecule has 0 fully saturated rings. The van der Waals surface area contributed by atoms with Gasteiger partial charge in [-0.05, 0) is 24.3 Å². The van der Waals surface area contributed by atoms with Crippen LogP contribution in [0.25, 0.3) is 10.6 Å². The molecule has 0 aliphatic rings. The van der Waals surface area contributed by atoms with Crippen molar-refractivity contribution < 1.29 is 13.9 Å². The van der Waals surface area contributed by atoms with Gasteiger partial charge in [0.1, 0.15) is 5.01 Å². The number of thiazole rings is 1. The number of benzene rings is 2. The van der Waals surface area contributed by atoms with Crippen molar-refractivity contribution in [2.45, 2.75) is 0 Å². The lowest BCUT2D eigenvalue weighted by Crippen LogP contribution is -2.24. The van der Waals surface area contributed by atoms with E-state index in [0.717, 1.165) is 10.6 Å². The Labute approximate surface area is 158 Å². The molecular weight excluding hydrogens is 377 g/mol. The van der Waals surface area contributed by atoms with Crippen LogP contribution < -0.4 is 10.2 Å². The minimum Gasteiger partial charge on any atom is -0.481 e. The number of halogens is 2. The average Bonchev–Trinajstić information content (AvgIpc) is 3.10. The molecule has 8 heteroatoms. The zero-order valence-corrected chi connectivity index (χ0v) is 14.9. The van der Waals surface area contributed by atoms with Crippen LogP contribution in [-0.2, 0) is 4.79 Å². The van der Waals surface area contributed by atoms with Gasteiger partial charge in [0.25, 0.3) is 5.91 Å². The molecule has 0 aliphatic carbocycles. The van der Waals surface area contributed by atoms with Crippen molar-refractivity contribution in [3.8, 4) is 16.3 Å². The van der Waals surface area contributed by atoms with E-state index in [4.69, 9.17) is 16.3 Å². The highest BCUT2D eigenvalue weighted by atomic mass is 35.5. The van der Waals surface area contributed by atoms with Gasteiger partial charge in [-0.25, -0.2) is 14.8 Å². The van der Waals surface area contributed by atoms with Crippen molar-refractivity contribution >= 4 is 35.1 Å². The number of carbonyl (C=O) groups is 1. The van der Waals surface area contributed by atoms with Crippen LogP contribution in [0.5, 0.6) is 5.75 Å². The first-order valence-electron chi connectivity index (χ1n) is 7.52. The number of hydrogen-bond donors (Lipinski definition) is 1. The van der Waals surface area contributed by atoms with Crippen LogP contribution in [-0.4, -0.2) is 23.7 Å². The number of carbonyl (C=O) groups excluding carboxylic acids is 1. The highest BCUT2D eigenvalue weighted by molar-refractivity contribution is 7.13. The predicted molar refractivity (Wildman–Crippen MR) is 100 cm³/mol. The molecular formula is C18H13ClFN3O2S. The second-order valence-electron chi connectivity index (χ2n) is 5.10. The van der Waals surface area contributed by atoms with Crippen LogP contribution in [0.15, 0.2) is 59.0 Å². The van der Waals surface area contributed by atoms with E-state index in [-0.39, 0.29) is 12.4 Å². The molecule has 0 spiro atoms. The van der Waals surface area contributed by atoms with Crippen LogP contribution in [0.3, 0.4) is 0 Å². The van der Waals surface area contributed by atoms with Crippen molar-refractivity contribution in [1.82, 2.24) is 10.4 Å². The zero-order valence-electron chi connectivity index (χ0n) is 13.4. The molecule has 0 aliphatic heterocycles. The Morgan fingerprint density at radius 2 is 2.04 bits per heavy atom. The Morgan fingerprint density at radius 3 is 2.81 bits per heavy atom. The quantitative estimate of drug-likeness (QED) is 0.509. The second-order valence-corrected chi connectivity index (χ2v) is 6.39. The first kappa shape index (κ1) is 18.0. The van der Waals surface area contributed by atoms with Crippen LogP contribution in [0.4, 0.5) is 4.39 Å². The summed E-state index contributed by atoms with van der Waals surface area (Å²) in [6.45, 7) is -0.342. The summed E-state index contributed by atoms with van der Waals surface area (Å²) in [6.07, 6.45) is 1.43. The summed E-state index contributed by atoms with van der Waals surface area (Å²) in [5, 5.41) is 7.11. The molecule has 1 heterocycles. The van der Waals surface area contributed by atoms with E-state index in [1.807, 2.05) is 17.5 Å². The molecule has 1 aromatic heterocycles. The van der Waals surface area contributed by atoms with Gasteiger partial charge in [-0.3, -0.25) is 4.79 Å². The maximum Gasteiger partial charge on any atom is 0.277 e. The van der Waals surface area contributed by atoms with Gasteiger partial charge in [0.15, 0.2) is 18.2 Å². The summed E-state index contributed by atoms with van der Waals surface area (Å²) in [7, 11) is 0. The average molecular weight is 390 g/mol. The molecule has 0 bridgehead atoms. The molecule has 3 aromatic rings. The molecule has 132 valence electrons. The van der Waals surface area contributed by atoms with Gasteiger partial charge >= 0.3 is 0 Å². The van der Waals surface area contributed by atoms with Gasteiger partial charge in [0.05, 0.1) is 11.9 Å². The summed E-state index contributed by atoms with van der Waals surface area (Å²) in [5.74, 6) is -1.02. The third-order valence-electron chi connectivity index (χ3n) is 3.19. The molecule has 0 atom stereocenters. The van der Waals surface area contributed by atoms with Crippen LogP contribution >= 0.6 is 22.9 Å². The maximum atomic E-state index is 13.4. The van der Waals surface area contributed by atoms with Crippen LogP contribution in [0.1, 0.15) is 5.69 Å². The molecule has 0 radical (unpaired) electrons. The van der Waals surface area contributed by atoms with E-state index in [9.17, 15) is 9.18 Å². The number of aromatic nitrogens is 1. The van der Waals surface area contributed by atoms with Crippen molar-refractivity contribution in [3.63, 3.8) is 0 Å². The molecule has 0 saturated heterocycles. The van der Waals surface area contributed by atoms with E-state index in [0.29, 0.717) is 10.7 Å². The third-order valence-corrected chi connectivity index (χ3v) is 4.36. The van der Waals surface area contributed by atoms with Crippen LogP contribution in [0.2, 0.25) is 5.02 Å². The minimum atomic E-state index is -0.527. The summed E-state index contributed by atoms with van der Waals surface area (Å²) in [4.78, 5) is 16.1.